The SMILES string of the molecule is COc1ccc(S(N)(=O)=O)cc1C(=O)OCc1c(F)c(F)c(F)c(F)c1F. The van der Waals surface area contributed by atoms with E-state index in [1.807, 2.05) is 0 Å². The Balaban J connectivity index is 2.37. The van der Waals surface area contributed by atoms with E-state index >= 15 is 0 Å². The van der Waals surface area contributed by atoms with Gasteiger partial charge in [0, 0.05) is 0 Å². The maximum atomic E-state index is 13.6. The van der Waals surface area contributed by atoms with Crippen molar-refractivity contribution in [3.05, 3.63) is 58.4 Å². The van der Waals surface area contributed by atoms with Crippen LogP contribution < -0.4 is 9.88 Å². The molecule has 27 heavy (non-hydrogen) atoms. The second-order valence-electron chi connectivity index (χ2n) is 5.03. The highest BCUT2D eigenvalue weighted by Gasteiger charge is 2.27. The molecule has 0 heterocycles. The monoisotopic (exact) mass is 411 g/mol. The van der Waals surface area contributed by atoms with Gasteiger partial charge in [-0.1, -0.05) is 0 Å². The van der Waals surface area contributed by atoms with Crippen LogP contribution in [0, 0.1) is 29.1 Å². The number of primary sulfonamides is 1. The summed E-state index contributed by atoms with van der Waals surface area (Å²) < 4.78 is 98.6. The molecular weight excluding hydrogens is 401 g/mol. The van der Waals surface area contributed by atoms with Gasteiger partial charge in [-0.15, -0.1) is 0 Å². The van der Waals surface area contributed by atoms with E-state index in [-0.39, 0.29) is 5.75 Å². The number of sulfonamides is 1. The molecule has 0 saturated carbocycles. The predicted octanol–water partition coefficient (Wildman–Crippen LogP) is 2.40. The van der Waals surface area contributed by atoms with Crippen molar-refractivity contribution >= 4 is 16.0 Å². The zero-order valence-corrected chi connectivity index (χ0v) is 14.2. The summed E-state index contributed by atoms with van der Waals surface area (Å²) in [6.45, 7) is -1.31. The number of halogens is 5. The Labute approximate surface area is 149 Å². The van der Waals surface area contributed by atoms with Gasteiger partial charge >= 0.3 is 5.97 Å². The summed E-state index contributed by atoms with van der Waals surface area (Å²) in [5.41, 5.74) is -1.87. The van der Waals surface area contributed by atoms with Gasteiger partial charge in [-0.2, -0.15) is 0 Å². The Hall–Kier alpha value is -2.73. The lowest BCUT2D eigenvalue weighted by Crippen LogP contribution is -2.15. The maximum Gasteiger partial charge on any atom is 0.342 e. The number of carbonyl (C=O) groups is 1. The second kappa shape index (κ2) is 7.48. The summed E-state index contributed by atoms with van der Waals surface area (Å²) in [4.78, 5) is 11.6. The molecule has 0 unspecified atom stereocenters. The highest BCUT2D eigenvalue weighted by molar-refractivity contribution is 7.89. The normalized spacial score (nSPS) is 11.4. The summed E-state index contributed by atoms with van der Waals surface area (Å²) in [6, 6.07) is 2.86. The van der Waals surface area contributed by atoms with Crippen LogP contribution in [0.5, 0.6) is 5.75 Å². The van der Waals surface area contributed by atoms with Crippen molar-refractivity contribution in [1.29, 1.82) is 0 Å². The number of benzene rings is 2. The molecule has 0 bridgehead atoms. The third-order valence-electron chi connectivity index (χ3n) is 3.37. The van der Waals surface area contributed by atoms with Crippen LogP contribution in [0.25, 0.3) is 0 Å². The lowest BCUT2D eigenvalue weighted by atomic mass is 10.1. The van der Waals surface area contributed by atoms with Gasteiger partial charge in [0.25, 0.3) is 0 Å². The van der Waals surface area contributed by atoms with Crippen molar-refractivity contribution in [3.63, 3.8) is 0 Å². The average Bonchev–Trinajstić information content (AvgIpc) is 2.63. The Morgan fingerprint density at radius 2 is 1.52 bits per heavy atom. The number of ether oxygens (including phenoxy) is 2. The van der Waals surface area contributed by atoms with Crippen LogP contribution in [-0.4, -0.2) is 21.5 Å². The Morgan fingerprint density at radius 3 is 2.00 bits per heavy atom. The van der Waals surface area contributed by atoms with E-state index in [1.165, 1.54) is 0 Å². The molecule has 0 aliphatic carbocycles. The summed E-state index contributed by atoms with van der Waals surface area (Å²) in [5.74, 6) is -12.6. The van der Waals surface area contributed by atoms with Crippen LogP contribution in [0.2, 0.25) is 0 Å². The number of rotatable bonds is 5. The minimum atomic E-state index is -4.20. The van der Waals surface area contributed by atoms with Gasteiger partial charge in [0.2, 0.25) is 15.8 Å². The molecule has 0 fully saturated rings. The summed E-state index contributed by atoms with van der Waals surface area (Å²) in [6.07, 6.45) is 0. The van der Waals surface area contributed by atoms with Gasteiger partial charge in [0.05, 0.1) is 17.6 Å². The fraction of sp³-hybridized carbons (Fsp3) is 0.133. The highest BCUT2D eigenvalue weighted by atomic mass is 32.2. The van der Waals surface area contributed by atoms with Crippen LogP contribution in [0.1, 0.15) is 15.9 Å². The number of hydrogen-bond donors (Lipinski definition) is 1. The summed E-state index contributed by atoms with van der Waals surface area (Å²) in [5, 5.41) is 4.93. The van der Waals surface area contributed by atoms with E-state index in [0.29, 0.717) is 0 Å². The maximum absolute atomic E-state index is 13.6. The molecule has 0 saturated heterocycles. The zero-order chi connectivity index (χ0) is 20.5. The zero-order valence-electron chi connectivity index (χ0n) is 13.4. The lowest BCUT2D eigenvalue weighted by molar-refractivity contribution is 0.0458. The van der Waals surface area contributed by atoms with E-state index in [4.69, 9.17) is 9.88 Å². The van der Waals surface area contributed by atoms with Crippen molar-refractivity contribution in [1.82, 2.24) is 0 Å². The largest absolute Gasteiger partial charge is 0.496 e. The number of esters is 1. The van der Waals surface area contributed by atoms with Crippen LogP contribution in [0.3, 0.4) is 0 Å². The van der Waals surface area contributed by atoms with E-state index in [0.717, 1.165) is 25.3 Å². The Kier molecular flexibility index (Phi) is 5.70. The average molecular weight is 411 g/mol. The molecular formula is C15H10F5NO5S. The topological polar surface area (TPSA) is 95.7 Å². The third-order valence-corrected chi connectivity index (χ3v) is 4.28. The standard InChI is InChI=1S/C15H10F5NO5S/c1-25-9-3-2-6(27(21,23)24)4-7(9)15(22)26-5-8-10(16)12(18)14(20)13(19)11(8)17/h2-4H,5H2,1H3,(H2,21,23,24). The van der Waals surface area contributed by atoms with Gasteiger partial charge in [0.1, 0.15) is 17.9 Å². The highest BCUT2D eigenvalue weighted by Crippen LogP contribution is 2.26. The van der Waals surface area contributed by atoms with Crippen molar-refractivity contribution in [2.24, 2.45) is 5.14 Å². The molecule has 0 radical (unpaired) electrons. The third kappa shape index (κ3) is 4.01. The predicted molar refractivity (Wildman–Crippen MR) is 79.7 cm³/mol. The van der Waals surface area contributed by atoms with Crippen molar-refractivity contribution in [3.8, 4) is 5.75 Å². The molecule has 0 aromatic heterocycles. The van der Waals surface area contributed by atoms with E-state index in [1.54, 1.807) is 0 Å². The minimum absolute atomic E-state index is 0.176. The second-order valence-corrected chi connectivity index (χ2v) is 6.59. The number of methoxy groups -OCH3 is 1. The van der Waals surface area contributed by atoms with E-state index in [9.17, 15) is 35.2 Å². The fourth-order valence-corrected chi connectivity index (χ4v) is 2.56. The first kappa shape index (κ1) is 20.6. The molecule has 0 amide bonds. The molecule has 2 N–H and O–H groups in total. The summed E-state index contributed by atoms with van der Waals surface area (Å²) >= 11 is 0. The molecule has 6 nitrogen and oxygen atoms in total. The molecule has 0 spiro atoms. The van der Waals surface area contributed by atoms with Crippen molar-refractivity contribution in [2.75, 3.05) is 7.11 Å². The van der Waals surface area contributed by atoms with Crippen LogP contribution in [0.15, 0.2) is 23.1 Å². The smallest absolute Gasteiger partial charge is 0.342 e. The van der Waals surface area contributed by atoms with E-state index < -0.39 is 67.7 Å². The lowest BCUT2D eigenvalue weighted by Gasteiger charge is -2.12. The van der Waals surface area contributed by atoms with Crippen LogP contribution >= 0.6 is 0 Å². The molecule has 12 heteroatoms. The first-order valence-corrected chi connectivity index (χ1v) is 8.42. The van der Waals surface area contributed by atoms with Crippen LogP contribution in [-0.2, 0) is 21.4 Å². The Bertz CT molecular complexity index is 997. The van der Waals surface area contributed by atoms with E-state index in [2.05, 4.69) is 4.74 Å². The number of carbonyl (C=O) groups excluding carboxylic acids is 1. The van der Waals surface area contributed by atoms with Crippen LogP contribution in [0.4, 0.5) is 22.0 Å². The molecule has 2 aromatic rings. The molecule has 2 aromatic carbocycles. The number of nitrogens with two attached hydrogens (primary N) is 1. The molecule has 146 valence electrons. The van der Waals surface area contributed by atoms with Gasteiger partial charge in [-0.3, -0.25) is 0 Å². The molecule has 0 aliphatic rings. The Morgan fingerprint density at radius 1 is 1.00 bits per heavy atom. The first-order chi connectivity index (χ1) is 12.5. The van der Waals surface area contributed by atoms with Crippen molar-refractivity contribution < 1.29 is 44.6 Å². The van der Waals surface area contributed by atoms with Gasteiger partial charge in [0.15, 0.2) is 23.3 Å². The molecule has 0 atom stereocenters. The fourth-order valence-electron chi connectivity index (χ4n) is 2.02. The van der Waals surface area contributed by atoms with Gasteiger partial charge < -0.3 is 9.47 Å². The quantitative estimate of drug-likeness (QED) is 0.353. The minimum Gasteiger partial charge on any atom is -0.496 e. The first-order valence-electron chi connectivity index (χ1n) is 6.87. The summed E-state index contributed by atoms with van der Waals surface area (Å²) in [7, 11) is -3.07. The van der Waals surface area contributed by atoms with Gasteiger partial charge in [-0.25, -0.2) is 40.3 Å². The number of hydrogen-bond acceptors (Lipinski definition) is 5. The van der Waals surface area contributed by atoms with Gasteiger partial charge in [-0.05, 0) is 18.2 Å². The van der Waals surface area contributed by atoms with Crippen molar-refractivity contribution in [2.45, 2.75) is 11.5 Å². The molecule has 2 rings (SSSR count). The molecule has 0 aliphatic heterocycles.